The predicted octanol–water partition coefficient (Wildman–Crippen LogP) is 0.924. The van der Waals surface area contributed by atoms with E-state index in [4.69, 9.17) is 0 Å². The number of fused-ring (bicyclic) bond motifs is 2. The van der Waals surface area contributed by atoms with Gasteiger partial charge in [0.05, 0.1) is 0 Å². The highest BCUT2D eigenvalue weighted by Gasteiger charge is 2.84. The van der Waals surface area contributed by atoms with Gasteiger partial charge in [-0.3, -0.25) is 0 Å². The summed E-state index contributed by atoms with van der Waals surface area (Å²) in [6.07, 6.45) is 3.11. The Kier molecular flexibility index (Phi) is 0.405. The Morgan fingerprint density at radius 3 is 3.00 bits per heavy atom. The van der Waals surface area contributed by atoms with E-state index in [1.807, 2.05) is 11.1 Å². The Hall–Kier alpha value is -0.300. The first-order valence-electron chi connectivity index (χ1n) is 4.91. The molecule has 56 valence electrons. The maximum Gasteiger partial charge on any atom is 0.0230 e. The van der Waals surface area contributed by atoms with Crippen LogP contribution in [-0.4, -0.2) is 12.6 Å². The lowest BCUT2D eigenvalue weighted by Gasteiger charge is -2.26. The van der Waals surface area contributed by atoms with Gasteiger partial charge in [-0.15, -0.1) is 0 Å². The lowest BCUT2D eigenvalue weighted by atomic mass is 9.78. The number of nitrogens with one attached hydrogen (secondary N) is 1. The lowest BCUT2D eigenvalue weighted by molar-refractivity contribution is 0.330. The van der Waals surface area contributed by atoms with Crippen LogP contribution in [0, 0.1) is 23.2 Å². The van der Waals surface area contributed by atoms with Gasteiger partial charge < -0.3 is 5.32 Å². The lowest BCUT2D eigenvalue weighted by Crippen LogP contribution is -2.25. The molecule has 5 unspecified atom stereocenters. The Morgan fingerprint density at radius 1 is 1.45 bits per heavy atom. The minimum absolute atomic E-state index is 0.855. The van der Waals surface area contributed by atoms with Gasteiger partial charge in [0.1, 0.15) is 0 Å². The molecule has 0 amide bonds. The molecule has 0 radical (unpaired) electrons. The molecular formula is C10H11N. The molecule has 5 aliphatic rings. The summed E-state index contributed by atoms with van der Waals surface area (Å²) in [5.74, 6) is 3.29. The molecule has 1 N–H and O–H groups in total. The Bertz CT molecular complexity index is 326. The van der Waals surface area contributed by atoms with E-state index in [9.17, 15) is 0 Å². The summed E-state index contributed by atoms with van der Waals surface area (Å²) in [6, 6.07) is 0.946. The molecule has 1 spiro atoms. The molecule has 5 rings (SSSR count). The first-order valence-corrected chi connectivity index (χ1v) is 4.91. The topological polar surface area (TPSA) is 21.9 Å². The van der Waals surface area contributed by atoms with Crippen molar-refractivity contribution in [2.75, 3.05) is 6.54 Å². The summed E-state index contributed by atoms with van der Waals surface area (Å²) < 4.78 is 0. The highest BCUT2D eigenvalue weighted by Crippen LogP contribution is 2.92. The molecule has 0 bridgehead atoms. The van der Waals surface area contributed by atoms with Crippen LogP contribution in [0.25, 0.3) is 0 Å². The summed E-state index contributed by atoms with van der Waals surface area (Å²) in [7, 11) is 0. The van der Waals surface area contributed by atoms with E-state index >= 15 is 0 Å². The molecule has 0 aromatic carbocycles. The molecule has 3 fully saturated rings. The van der Waals surface area contributed by atoms with Crippen molar-refractivity contribution < 1.29 is 0 Å². The fourth-order valence-corrected chi connectivity index (χ4v) is 4.39. The van der Waals surface area contributed by atoms with Gasteiger partial charge in [0.25, 0.3) is 0 Å². The van der Waals surface area contributed by atoms with Gasteiger partial charge in [-0.25, -0.2) is 0 Å². The SMILES string of the molecule is C1NC1C1CC2C3=C2C12CC32. The van der Waals surface area contributed by atoms with Gasteiger partial charge in [-0.2, -0.15) is 0 Å². The smallest absolute Gasteiger partial charge is 0.0230 e. The predicted molar refractivity (Wildman–Crippen MR) is 41.0 cm³/mol. The zero-order chi connectivity index (χ0) is 6.79. The van der Waals surface area contributed by atoms with Gasteiger partial charge in [0, 0.05) is 23.9 Å². The van der Waals surface area contributed by atoms with Crippen LogP contribution < -0.4 is 5.32 Å². The van der Waals surface area contributed by atoms with Gasteiger partial charge in [0.2, 0.25) is 0 Å². The molecule has 1 nitrogen and oxygen atoms in total. The Balaban J connectivity index is 1.71. The second kappa shape index (κ2) is 0.957. The summed E-state index contributed by atoms with van der Waals surface area (Å²) in [6.45, 7) is 1.33. The summed E-state index contributed by atoms with van der Waals surface area (Å²) in [5.41, 5.74) is 4.75. The molecule has 1 heterocycles. The zero-order valence-electron chi connectivity index (χ0n) is 6.43. The van der Waals surface area contributed by atoms with Crippen LogP contribution in [0.2, 0.25) is 0 Å². The first-order chi connectivity index (χ1) is 5.43. The van der Waals surface area contributed by atoms with Gasteiger partial charge in [-0.1, -0.05) is 11.1 Å². The maximum absolute atomic E-state index is 3.50. The van der Waals surface area contributed by atoms with Crippen molar-refractivity contribution in [3.63, 3.8) is 0 Å². The summed E-state index contributed by atoms with van der Waals surface area (Å²) >= 11 is 0. The van der Waals surface area contributed by atoms with E-state index in [2.05, 4.69) is 5.32 Å². The van der Waals surface area contributed by atoms with E-state index < -0.39 is 0 Å². The summed E-state index contributed by atoms with van der Waals surface area (Å²) in [5, 5.41) is 3.50. The fourth-order valence-electron chi connectivity index (χ4n) is 4.39. The maximum atomic E-state index is 3.50. The normalized spacial score (nSPS) is 72.0. The number of rotatable bonds is 1. The van der Waals surface area contributed by atoms with Crippen molar-refractivity contribution in [2.45, 2.75) is 18.9 Å². The van der Waals surface area contributed by atoms with E-state index in [1.165, 1.54) is 6.54 Å². The van der Waals surface area contributed by atoms with E-state index in [1.54, 1.807) is 12.8 Å². The third-order valence-electron chi connectivity index (χ3n) is 4.91. The highest BCUT2D eigenvalue weighted by molar-refractivity contribution is 5.69. The van der Waals surface area contributed by atoms with Crippen LogP contribution in [0.15, 0.2) is 11.1 Å². The van der Waals surface area contributed by atoms with Gasteiger partial charge >= 0.3 is 0 Å². The average Bonchev–Trinajstić information content (AvgIpc) is 2.80. The summed E-state index contributed by atoms with van der Waals surface area (Å²) in [4.78, 5) is 0. The molecule has 1 heteroatoms. The van der Waals surface area contributed by atoms with Crippen molar-refractivity contribution in [2.24, 2.45) is 23.2 Å². The van der Waals surface area contributed by atoms with Crippen molar-refractivity contribution in [3.05, 3.63) is 11.1 Å². The van der Waals surface area contributed by atoms with Crippen molar-refractivity contribution in [1.29, 1.82) is 0 Å². The Morgan fingerprint density at radius 2 is 2.36 bits per heavy atom. The van der Waals surface area contributed by atoms with Crippen LogP contribution in [-0.2, 0) is 0 Å². The monoisotopic (exact) mass is 145 g/mol. The third kappa shape index (κ3) is 0.275. The van der Waals surface area contributed by atoms with E-state index in [-0.39, 0.29) is 0 Å². The van der Waals surface area contributed by atoms with Gasteiger partial charge in [-0.05, 0) is 24.7 Å². The number of allylic oxidation sites excluding steroid dienone is 2. The quantitative estimate of drug-likeness (QED) is 0.430. The van der Waals surface area contributed by atoms with Crippen LogP contribution in [0.5, 0.6) is 0 Å². The second-order valence-corrected chi connectivity index (χ2v) is 5.08. The standard InChI is InChI=1S/C10H11N/c1-4-8-6-2-10(6,9(4)8)5(1)7-3-11-7/h4-7,11H,1-3H2. The largest absolute Gasteiger partial charge is 0.311 e. The molecule has 5 atom stereocenters. The molecule has 2 saturated carbocycles. The van der Waals surface area contributed by atoms with Gasteiger partial charge in [0.15, 0.2) is 0 Å². The van der Waals surface area contributed by atoms with Crippen LogP contribution in [0.1, 0.15) is 12.8 Å². The van der Waals surface area contributed by atoms with Crippen molar-refractivity contribution >= 4 is 0 Å². The molecule has 0 aromatic heterocycles. The fraction of sp³-hybridized carbons (Fsp3) is 0.800. The van der Waals surface area contributed by atoms with E-state index in [0.29, 0.717) is 0 Å². The molecule has 1 aliphatic heterocycles. The Labute approximate surface area is 65.9 Å². The second-order valence-electron chi connectivity index (χ2n) is 5.08. The number of hydrogen-bond donors (Lipinski definition) is 1. The molecule has 4 aliphatic carbocycles. The molecule has 1 saturated heterocycles. The minimum atomic E-state index is 0.855. The number of hydrogen-bond acceptors (Lipinski definition) is 1. The van der Waals surface area contributed by atoms with Crippen LogP contribution >= 0.6 is 0 Å². The minimum Gasteiger partial charge on any atom is -0.311 e. The van der Waals surface area contributed by atoms with Crippen LogP contribution in [0.3, 0.4) is 0 Å². The van der Waals surface area contributed by atoms with E-state index in [0.717, 1.165) is 29.2 Å². The average molecular weight is 145 g/mol. The molecular weight excluding hydrogens is 134 g/mol. The van der Waals surface area contributed by atoms with Crippen molar-refractivity contribution in [1.82, 2.24) is 5.32 Å². The molecule has 0 aromatic rings. The molecule has 11 heavy (non-hydrogen) atoms. The third-order valence-corrected chi connectivity index (χ3v) is 4.91. The highest BCUT2D eigenvalue weighted by atomic mass is 15.1. The zero-order valence-corrected chi connectivity index (χ0v) is 6.43. The van der Waals surface area contributed by atoms with Crippen molar-refractivity contribution in [3.8, 4) is 0 Å². The first kappa shape index (κ1) is 4.66. The van der Waals surface area contributed by atoms with Crippen LogP contribution in [0.4, 0.5) is 0 Å².